The van der Waals surface area contributed by atoms with Gasteiger partial charge in [-0.25, -0.2) is 0 Å². The highest BCUT2D eigenvalue weighted by Crippen LogP contribution is 2.47. The number of ether oxygens (including phenoxy) is 5. The summed E-state index contributed by atoms with van der Waals surface area (Å²) in [5, 5.41) is 0.428. The van der Waals surface area contributed by atoms with Crippen LogP contribution >= 0.6 is 0 Å². The summed E-state index contributed by atoms with van der Waals surface area (Å²) in [4.78, 5) is 14.2. The lowest BCUT2D eigenvalue weighted by molar-refractivity contribution is 0.103. The number of furan rings is 1. The Hall–Kier alpha value is -3.33. The number of carbonyl (C=O) groups is 1. The van der Waals surface area contributed by atoms with Crippen LogP contribution in [0.1, 0.15) is 50.5 Å². The maximum Gasteiger partial charge on any atom is 0.283 e. The molecule has 37 heavy (non-hydrogen) atoms. The van der Waals surface area contributed by atoms with Gasteiger partial charge in [-0.15, -0.1) is 0 Å². The van der Waals surface area contributed by atoms with E-state index in [0.29, 0.717) is 50.8 Å². The molecule has 0 radical (unpaired) electrons. The quantitative estimate of drug-likeness (QED) is 0.207. The maximum absolute atomic E-state index is 14.2. The molecule has 202 valence electrons. The zero-order chi connectivity index (χ0) is 27.7. The zero-order valence-corrected chi connectivity index (χ0v) is 24.7. The minimum absolute atomic E-state index is 0.131. The predicted molar refractivity (Wildman–Crippen MR) is 146 cm³/mol. The molecule has 0 amide bonds. The second kappa shape index (κ2) is 10.6. The Morgan fingerprint density at radius 2 is 1.43 bits per heavy atom. The molecule has 0 fully saturated rings. The number of ketones is 1. The van der Waals surface area contributed by atoms with Crippen LogP contribution < -0.4 is 28.1 Å². The molecule has 0 N–H and O–H groups in total. The van der Waals surface area contributed by atoms with Crippen LogP contribution in [0.4, 0.5) is 0 Å². The third-order valence-electron chi connectivity index (χ3n) is 6.63. The summed E-state index contributed by atoms with van der Waals surface area (Å²) in [6, 6.07) is 6.79. The molecule has 0 aliphatic carbocycles. The average Bonchev–Trinajstić information content (AvgIpc) is 3.19. The fraction of sp³-hybridized carbons (Fsp3) is 0.464. The lowest BCUT2D eigenvalue weighted by Crippen LogP contribution is -2.44. The van der Waals surface area contributed by atoms with Crippen molar-refractivity contribution in [2.24, 2.45) is 0 Å². The summed E-state index contributed by atoms with van der Waals surface area (Å²) < 4.78 is 40.9. The molecule has 0 unspecified atom stereocenters. The van der Waals surface area contributed by atoms with Gasteiger partial charge in [0.25, 0.3) is 14.3 Å². The van der Waals surface area contributed by atoms with Crippen molar-refractivity contribution >= 4 is 25.1 Å². The van der Waals surface area contributed by atoms with Crippen LogP contribution in [-0.2, 0) is 0 Å². The van der Waals surface area contributed by atoms with Gasteiger partial charge in [0.05, 0.1) is 34.5 Å². The van der Waals surface area contributed by atoms with Crippen LogP contribution in [0.3, 0.4) is 0 Å². The first-order valence-corrected chi connectivity index (χ1v) is 15.0. The Kier molecular flexibility index (Phi) is 8.07. The van der Waals surface area contributed by atoms with E-state index in [1.54, 1.807) is 31.4 Å². The van der Waals surface area contributed by atoms with Crippen molar-refractivity contribution in [3.05, 3.63) is 35.4 Å². The second-order valence-electron chi connectivity index (χ2n) is 10.5. The maximum atomic E-state index is 14.2. The summed E-state index contributed by atoms with van der Waals surface area (Å²) in [5.74, 6) is 1.90. The minimum atomic E-state index is -2.40. The fourth-order valence-corrected chi connectivity index (χ4v) is 4.55. The number of benzene rings is 2. The van der Waals surface area contributed by atoms with Crippen LogP contribution in [0.15, 0.2) is 28.7 Å². The number of fused-ring (bicyclic) bond motifs is 1. The Morgan fingerprint density at radius 3 is 1.89 bits per heavy atom. The van der Waals surface area contributed by atoms with Gasteiger partial charge in [-0.3, -0.25) is 4.79 Å². The van der Waals surface area contributed by atoms with Crippen molar-refractivity contribution in [2.75, 3.05) is 28.4 Å². The van der Waals surface area contributed by atoms with Crippen LogP contribution in [0.25, 0.3) is 11.0 Å². The topological polar surface area (TPSA) is 85.6 Å². The summed E-state index contributed by atoms with van der Waals surface area (Å²) in [6.07, 6.45) is -0.149. The highest BCUT2D eigenvalue weighted by molar-refractivity contribution is 6.74. The van der Waals surface area contributed by atoms with Crippen molar-refractivity contribution in [1.82, 2.24) is 0 Å². The summed E-state index contributed by atoms with van der Waals surface area (Å²) >= 11 is 0. The molecular formula is C28H38O8Si. The van der Waals surface area contributed by atoms with E-state index in [-0.39, 0.29) is 22.9 Å². The van der Waals surface area contributed by atoms with E-state index in [4.69, 9.17) is 32.5 Å². The van der Waals surface area contributed by atoms with Crippen molar-refractivity contribution in [1.29, 1.82) is 0 Å². The van der Waals surface area contributed by atoms with Gasteiger partial charge in [-0.2, -0.15) is 0 Å². The van der Waals surface area contributed by atoms with Crippen LogP contribution in [0, 0.1) is 0 Å². The lowest BCUT2D eigenvalue weighted by Gasteiger charge is -2.35. The Labute approximate surface area is 219 Å². The second-order valence-corrected chi connectivity index (χ2v) is 15.2. The molecule has 0 saturated heterocycles. The van der Waals surface area contributed by atoms with Crippen molar-refractivity contribution in [3.8, 4) is 34.7 Å². The Morgan fingerprint density at radius 1 is 0.865 bits per heavy atom. The number of rotatable bonds is 10. The molecule has 0 atom stereocenters. The molecule has 1 aromatic heterocycles. The molecule has 2 aromatic carbocycles. The van der Waals surface area contributed by atoms with Gasteiger partial charge in [-0.1, -0.05) is 20.8 Å². The Bertz CT molecular complexity index is 1260. The van der Waals surface area contributed by atoms with Gasteiger partial charge < -0.3 is 32.5 Å². The van der Waals surface area contributed by atoms with Gasteiger partial charge in [0.1, 0.15) is 5.56 Å². The normalized spacial score (nSPS) is 12.0. The van der Waals surface area contributed by atoms with E-state index in [9.17, 15) is 4.79 Å². The molecule has 0 saturated carbocycles. The number of methoxy groups -OCH3 is 4. The molecule has 0 bridgehead atoms. The molecule has 9 heteroatoms. The first-order valence-electron chi connectivity index (χ1n) is 12.1. The van der Waals surface area contributed by atoms with Crippen LogP contribution in [0.5, 0.6) is 34.7 Å². The highest BCUT2D eigenvalue weighted by Gasteiger charge is 2.41. The van der Waals surface area contributed by atoms with Crippen LogP contribution in [-0.4, -0.2) is 48.6 Å². The van der Waals surface area contributed by atoms with Gasteiger partial charge in [0.15, 0.2) is 22.8 Å². The smallest absolute Gasteiger partial charge is 0.283 e. The van der Waals surface area contributed by atoms with Crippen molar-refractivity contribution in [2.45, 2.75) is 58.9 Å². The lowest BCUT2D eigenvalue weighted by atomic mass is 10.0. The van der Waals surface area contributed by atoms with Gasteiger partial charge in [0.2, 0.25) is 17.3 Å². The molecular weight excluding hydrogens is 492 g/mol. The third-order valence-corrected chi connectivity index (χ3v) is 10.9. The standard InChI is InChI=1S/C28H38O8Si/c1-16(2)34-26-19(30-6)13-12-18-22(27(35-24(18)26)36-37(10,11)28(3,4)5)23(29)17-14-20(31-7)25(33-9)21(15-17)32-8/h12-16H,1-11H3. The summed E-state index contributed by atoms with van der Waals surface area (Å²) in [5.41, 5.74) is 1.02. The molecule has 0 aliphatic rings. The highest BCUT2D eigenvalue weighted by atomic mass is 28.4. The van der Waals surface area contributed by atoms with E-state index < -0.39 is 8.32 Å². The van der Waals surface area contributed by atoms with Gasteiger partial charge in [0, 0.05) is 10.9 Å². The molecule has 0 spiro atoms. The Balaban J connectivity index is 2.34. The summed E-state index contributed by atoms with van der Waals surface area (Å²) in [7, 11) is 3.69. The monoisotopic (exact) mass is 530 g/mol. The van der Waals surface area contributed by atoms with E-state index in [2.05, 4.69) is 33.9 Å². The van der Waals surface area contributed by atoms with E-state index >= 15 is 0 Å². The SMILES string of the molecule is COc1cc(C(=O)c2c(O[Si](C)(C)C(C)(C)C)oc3c(OC(C)C)c(OC)ccc23)cc(OC)c1OC. The van der Waals surface area contributed by atoms with E-state index in [1.807, 2.05) is 13.8 Å². The molecule has 3 aromatic rings. The summed E-state index contributed by atoms with van der Waals surface area (Å²) in [6.45, 7) is 14.4. The largest absolute Gasteiger partial charge is 0.518 e. The minimum Gasteiger partial charge on any atom is -0.518 e. The van der Waals surface area contributed by atoms with Gasteiger partial charge >= 0.3 is 0 Å². The number of hydrogen-bond acceptors (Lipinski definition) is 8. The fourth-order valence-electron chi connectivity index (χ4n) is 3.63. The third kappa shape index (κ3) is 5.37. The number of carbonyl (C=O) groups excluding carboxylic acids is 1. The molecule has 3 rings (SSSR count). The van der Waals surface area contributed by atoms with E-state index in [0.717, 1.165) is 0 Å². The number of hydrogen-bond donors (Lipinski definition) is 0. The molecule has 0 aliphatic heterocycles. The van der Waals surface area contributed by atoms with E-state index in [1.165, 1.54) is 21.3 Å². The molecule has 8 nitrogen and oxygen atoms in total. The first-order chi connectivity index (χ1) is 17.3. The van der Waals surface area contributed by atoms with Crippen molar-refractivity contribution < 1.29 is 37.3 Å². The zero-order valence-electron chi connectivity index (χ0n) is 23.7. The van der Waals surface area contributed by atoms with Crippen LogP contribution in [0.2, 0.25) is 18.1 Å². The van der Waals surface area contributed by atoms with Crippen molar-refractivity contribution in [3.63, 3.8) is 0 Å². The first kappa shape index (κ1) is 28.2. The predicted octanol–water partition coefficient (Wildman–Crippen LogP) is 6.87. The average molecular weight is 531 g/mol. The van der Waals surface area contributed by atoms with Gasteiger partial charge in [-0.05, 0) is 56.2 Å². The molecule has 1 heterocycles.